The van der Waals surface area contributed by atoms with Gasteiger partial charge in [0.05, 0.1) is 6.04 Å². The van der Waals surface area contributed by atoms with Crippen LogP contribution in [0.15, 0.2) is 46.7 Å². The zero-order valence-corrected chi connectivity index (χ0v) is 17.2. The number of rotatable bonds is 5. The molecule has 0 aliphatic carbocycles. The molecule has 2 N–H and O–H groups in total. The van der Waals surface area contributed by atoms with Crippen molar-refractivity contribution in [2.75, 3.05) is 13.1 Å². The Labute approximate surface area is 165 Å². The normalized spacial score (nSPS) is 25.1. The summed E-state index contributed by atoms with van der Waals surface area (Å²) in [6.07, 6.45) is 3.87. The summed E-state index contributed by atoms with van der Waals surface area (Å²) in [7, 11) is -3.38. The van der Waals surface area contributed by atoms with Gasteiger partial charge < -0.3 is 0 Å². The SMILES string of the molecule is CC1CC(c2ccc(S(=O)(=O)N3CCC(Cc4ccccc4)CC3)s2)NN1. The Bertz CT molecular complexity index is 858. The number of sulfonamides is 1. The molecule has 5 nitrogen and oxygen atoms in total. The lowest BCUT2D eigenvalue weighted by Gasteiger charge is -2.30. The van der Waals surface area contributed by atoms with E-state index in [1.807, 2.05) is 12.1 Å². The minimum Gasteiger partial charge on any atom is -0.254 e. The van der Waals surface area contributed by atoms with Crippen LogP contribution in [0.1, 0.15) is 42.7 Å². The minimum atomic E-state index is -3.38. The number of benzene rings is 1. The standard InChI is InChI=1S/C20H27N3O2S2/c1-15-13-18(22-21-15)19-7-8-20(26-19)27(24,25)23-11-9-17(10-12-23)14-16-5-3-2-4-6-16/h2-8,15,17-18,21-22H,9-14H2,1H3. The molecule has 1 aromatic carbocycles. The lowest BCUT2D eigenvalue weighted by molar-refractivity contribution is 0.273. The highest BCUT2D eigenvalue weighted by Crippen LogP contribution is 2.33. The monoisotopic (exact) mass is 405 g/mol. The number of piperidine rings is 1. The third kappa shape index (κ3) is 4.27. The van der Waals surface area contributed by atoms with Crippen molar-refractivity contribution < 1.29 is 8.42 Å². The van der Waals surface area contributed by atoms with E-state index in [-0.39, 0.29) is 6.04 Å². The summed E-state index contributed by atoms with van der Waals surface area (Å²) in [6, 6.07) is 14.8. The molecule has 2 saturated heterocycles. The molecule has 2 atom stereocenters. The van der Waals surface area contributed by atoms with Crippen molar-refractivity contribution in [1.29, 1.82) is 0 Å². The Balaban J connectivity index is 1.38. The predicted molar refractivity (Wildman–Crippen MR) is 109 cm³/mol. The second-order valence-corrected chi connectivity index (χ2v) is 11.0. The van der Waals surface area contributed by atoms with E-state index in [9.17, 15) is 8.42 Å². The van der Waals surface area contributed by atoms with Crippen LogP contribution in [0, 0.1) is 5.92 Å². The first-order chi connectivity index (χ1) is 13.0. The van der Waals surface area contributed by atoms with Crippen molar-refractivity contribution in [3.63, 3.8) is 0 Å². The number of hydrogen-bond acceptors (Lipinski definition) is 5. The number of thiophene rings is 1. The molecule has 0 saturated carbocycles. The van der Waals surface area contributed by atoms with E-state index in [2.05, 4.69) is 42.0 Å². The van der Waals surface area contributed by atoms with E-state index < -0.39 is 10.0 Å². The van der Waals surface area contributed by atoms with Gasteiger partial charge in [-0.05, 0) is 56.2 Å². The summed E-state index contributed by atoms with van der Waals surface area (Å²) in [5, 5.41) is 0. The average molecular weight is 406 g/mol. The van der Waals surface area contributed by atoms with Gasteiger partial charge in [0.15, 0.2) is 0 Å². The predicted octanol–water partition coefficient (Wildman–Crippen LogP) is 3.32. The Morgan fingerprint density at radius 1 is 1.07 bits per heavy atom. The van der Waals surface area contributed by atoms with Gasteiger partial charge in [-0.15, -0.1) is 11.3 Å². The van der Waals surface area contributed by atoms with Crippen LogP contribution in [0.4, 0.5) is 0 Å². The van der Waals surface area contributed by atoms with Crippen molar-refractivity contribution in [3.8, 4) is 0 Å². The molecule has 0 spiro atoms. The fraction of sp³-hybridized carbons (Fsp3) is 0.500. The smallest absolute Gasteiger partial charge is 0.252 e. The third-order valence-electron chi connectivity index (χ3n) is 5.57. The molecular formula is C20H27N3O2S2. The van der Waals surface area contributed by atoms with E-state index in [1.54, 1.807) is 10.4 Å². The van der Waals surface area contributed by atoms with E-state index in [4.69, 9.17) is 0 Å². The van der Waals surface area contributed by atoms with Crippen LogP contribution in [0.2, 0.25) is 0 Å². The van der Waals surface area contributed by atoms with Crippen molar-refractivity contribution >= 4 is 21.4 Å². The zero-order valence-electron chi connectivity index (χ0n) is 15.6. The first kappa shape index (κ1) is 19.1. The van der Waals surface area contributed by atoms with Crippen LogP contribution >= 0.6 is 11.3 Å². The molecule has 1 aromatic heterocycles. The Morgan fingerprint density at radius 3 is 2.48 bits per heavy atom. The van der Waals surface area contributed by atoms with Gasteiger partial charge in [0.25, 0.3) is 10.0 Å². The zero-order chi connectivity index (χ0) is 18.9. The second kappa shape index (κ2) is 8.01. The van der Waals surface area contributed by atoms with Gasteiger partial charge >= 0.3 is 0 Å². The summed E-state index contributed by atoms with van der Waals surface area (Å²) in [5.74, 6) is 0.563. The maximum absolute atomic E-state index is 13.0. The Kier molecular flexibility index (Phi) is 5.66. The molecule has 27 heavy (non-hydrogen) atoms. The van der Waals surface area contributed by atoms with Crippen molar-refractivity contribution in [2.45, 2.75) is 48.9 Å². The lowest BCUT2D eigenvalue weighted by Crippen LogP contribution is -2.38. The highest BCUT2D eigenvalue weighted by molar-refractivity contribution is 7.91. The Hall–Kier alpha value is -1.25. The molecule has 0 amide bonds. The molecule has 3 heterocycles. The molecule has 7 heteroatoms. The number of hydrogen-bond donors (Lipinski definition) is 2. The number of nitrogens with zero attached hydrogens (tertiary/aromatic N) is 1. The molecule has 2 fully saturated rings. The van der Waals surface area contributed by atoms with Crippen LogP contribution in [-0.4, -0.2) is 31.9 Å². The van der Waals surface area contributed by atoms with E-state index in [0.717, 1.165) is 30.6 Å². The topological polar surface area (TPSA) is 61.4 Å². The van der Waals surface area contributed by atoms with Gasteiger partial charge in [-0.25, -0.2) is 13.8 Å². The molecule has 0 radical (unpaired) electrons. The first-order valence-electron chi connectivity index (χ1n) is 9.67. The molecule has 0 bridgehead atoms. The molecule has 2 aliphatic heterocycles. The number of nitrogens with one attached hydrogen (secondary N) is 2. The van der Waals surface area contributed by atoms with Crippen molar-refractivity contribution in [1.82, 2.24) is 15.2 Å². The average Bonchev–Trinajstić information content (AvgIpc) is 3.32. The number of hydrazine groups is 1. The van der Waals surface area contributed by atoms with Crippen LogP contribution in [-0.2, 0) is 16.4 Å². The van der Waals surface area contributed by atoms with Gasteiger partial charge in [0, 0.05) is 24.0 Å². The van der Waals surface area contributed by atoms with Gasteiger partial charge in [0.2, 0.25) is 0 Å². The Morgan fingerprint density at radius 2 is 1.81 bits per heavy atom. The quantitative estimate of drug-likeness (QED) is 0.801. The molecule has 2 aliphatic rings. The highest BCUT2D eigenvalue weighted by atomic mass is 32.2. The fourth-order valence-corrected chi connectivity index (χ4v) is 7.00. The third-order valence-corrected chi connectivity index (χ3v) is 9.14. The molecule has 4 rings (SSSR count). The van der Waals surface area contributed by atoms with Crippen LogP contribution in [0.25, 0.3) is 0 Å². The van der Waals surface area contributed by atoms with Crippen molar-refractivity contribution in [2.24, 2.45) is 5.92 Å². The van der Waals surface area contributed by atoms with Crippen LogP contribution in [0.5, 0.6) is 0 Å². The fourth-order valence-electron chi connectivity index (χ4n) is 3.99. The van der Waals surface area contributed by atoms with E-state index in [1.165, 1.54) is 16.9 Å². The summed E-state index contributed by atoms with van der Waals surface area (Å²) >= 11 is 1.40. The van der Waals surface area contributed by atoms with E-state index >= 15 is 0 Å². The van der Waals surface area contributed by atoms with Crippen LogP contribution < -0.4 is 10.9 Å². The molecule has 2 aromatic rings. The maximum atomic E-state index is 13.0. The minimum absolute atomic E-state index is 0.200. The molecular weight excluding hydrogens is 378 g/mol. The summed E-state index contributed by atoms with van der Waals surface area (Å²) in [6.45, 7) is 3.36. The molecule has 2 unspecified atom stereocenters. The summed E-state index contributed by atoms with van der Waals surface area (Å²) in [5.41, 5.74) is 7.79. The largest absolute Gasteiger partial charge is 0.254 e. The van der Waals surface area contributed by atoms with Crippen molar-refractivity contribution in [3.05, 3.63) is 52.9 Å². The molecule has 146 valence electrons. The first-order valence-corrected chi connectivity index (χ1v) is 11.9. The van der Waals surface area contributed by atoms with E-state index in [0.29, 0.717) is 29.3 Å². The lowest BCUT2D eigenvalue weighted by atomic mass is 9.91. The van der Waals surface area contributed by atoms with Gasteiger partial charge in [-0.2, -0.15) is 4.31 Å². The maximum Gasteiger partial charge on any atom is 0.252 e. The summed E-state index contributed by atoms with van der Waals surface area (Å²) < 4.78 is 28.2. The van der Waals surface area contributed by atoms with Gasteiger partial charge in [-0.3, -0.25) is 5.43 Å². The van der Waals surface area contributed by atoms with Gasteiger partial charge in [-0.1, -0.05) is 30.3 Å². The highest BCUT2D eigenvalue weighted by Gasteiger charge is 2.32. The van der Waals surface area contributed by atoms with Crippen LogP contribution in [0.3, 0.4) is 0 Å². The second-order valence-electron chi connectivity index (χ2n) is 7.67. The summed E-state index contributed by atoms with van der Waals surface area (Å²) in [4.78, 5) is 1.09. The van der Waals surface area contributed by atoms with Gasteiger partial charge in [0.1, 0.15) is 4.21 Å².